The van der Waals surface area contributed by atoms with Crippen LogP contribution in [0.5, 0.6) is 11.5 Å². The normalized spacial score (nSPS) is 12.8. The fourth-order valence-corrected chi connectivity index (χ4v) is 10.5. The molecule has 0 spiro atoms. The van der Waals surface area contributed by atoms with Gasteiger partial charge in [-0.05, 0) is 116 Å². The predicted octanol–water partition coefficient (Wildman–Crippen LogP) is 8.46. The molecule has 510 valence electrons. The molecule has 4 amide bonds. The number of unbranched alkanes of at least 4 members (excludes halogenated alkanes) is 3. The molecule has 3 rings (SSSR count). The van der Waals surface area contributed by atoms with E-state index in [9.17, 15) is 48.2 Å². The number of carboxylic acids is 1. The smallest absolute Gasteiger partial charge is 0.0196 e. The molecule has 5 N–H and O–H groups in total. The van der Waals surface area contributed by atoms with Crippen LogP contribution in [0.2, 0.25) is 0 Å². The maximum absolute atomic E-state index is 13.4. The van der Waals surface area contributed by atoms with E-state index >= 15 is 0 Å². The first-order valence-electron chi connectivity index (χ1n) is 31.9. The summed E-state index contributed by atoms with van der Waals surface area (Å²) < 4.78 is 40.5. The van der Waals surface area contributed by atoms with Crippen molar-refractivity contribution in [1.82, 2.24) is 41.0 Å². The molecule has 0 aliphatic carbocycles. The Morgan fingerprint density at radius 1 is 0.620 bits per heavy atom. The van der Waals surface area contributed by atoms with Gasteiger partial charge >= 0.3 is 248 Å². The van der Waals surface area contributed by atoms with Gasteiger partial charge in [0.2, 0.25) is 11.8 Å². The molecule has 0 aliphatic rings. The van der Waals surface area contributed by atoms with Gasteiger partial charge in [0.25, 0.3) is 0 Å². The Morgan fingerprint density at radius 3 is 1.75 bits per heavy atom. The van der Waals surface area contributed by atoms with E-state index in [4.69, 9.17) is 33.7 Å². The summed E-state index contributed by atoms with van der Waals surface area (Å²) >= 11 is 0. The number of aliphatic carboxylic acids is 1. The number of aryl methyl sites for hydroxylation is 2. The minimum absolute atomic E-state index is 0.00320. The monoisotopic (exact) mass is 1300 g/mol. The second-order valence-electron chi connectivity index (χ2n) is 27.2. The molecule has 0 radical (unpaired) electrons. The number of urea groups is 1. The second kappa shape index (κ2) is 39.0. The van der Waals surface area contributed by atoms with Crippen molar-refractivity contribution in [3.63, 3.8) is 0 Å². The zero-order valence-electron chi connectivity index (χ0n) is 57.3. The Labute approximate surface area is 547 Å². The molecule has 23 nitrogen and oxygen atoms in total. The Morgan fingerprint density at radius 2 is 1.17 bits per heavy atom. The van der Waals surface area contributed by atoms with Crippen molar-refractivity contribution in [3.05, 3.63) is 76.9 Å². The van der Waals surface area contributed by atoms with Crippen molar-refractivity contribution in [2.45, 2.75) is 222 Å². The summed E-state index contributed by atoms with van der Waals surface area (Å²) in [5.74, 6) is -1.77. The van der Waals surface area contributed by atoms with Crippen molar-refractivity contribution in [2.24, 2.45) is 5.41 Å². The number of carbonyl (C=O) groups is 8. The number of Topliss-reactive ketones (excluding diaryl/α,β-unsaturated/α-hetero) is 1. The molecule has 92 heavy (non-hydrogen) atoms. The molecule has 3 atom stereocenters. The van der Waals surface area contributed by atoms with Gasteiger partial charge in [-0.25, -0.2) is 9.59 Å². The van der Waals surface area contributed by atoms with Crippen molar-refractivity contribution >= 4 is 67.5 Å². The molecule has 2 aromatic heterocycles. The molecule has 0 fully saturated rings. The van der Waals surface area contributed by atoms with Crippen LogP contribution in [0.15, 0.2) is 48.5 Å². The Bertz CT molecular complexity index is 2890. The van der Waals surface area contributed by atoms with E-state index in [1.54, 1.807) is 88.2 Å². The third kappa shape index (κ3) is 34.1. The van der Waals surface area contributed by atoms with Gasteiger partial charge in [-0.15, -0.1) is 0 Å². The number of nitrogens with one attached hydrogen (secondary N) is 4. The molecular formula is C67H104BN8O15P. The Hall–Kier alpha value is -6.91. The number of benzene rings is 1. The molecule has 1 unspecified atom stereocenters. The van der Waals surface area contributed by atoms with Gasteiger partial charge in [0, 0.05) is 38.4 Å². The number of methoxy groups -OCH3 is 1. The summed E-state index contributed by atoms with van der Waals surface area (Å²) in [5, 5.41) is 21.8. The molecule has 0 bridgehead atoms. The van der Waals surface area contributed by atoms with Crippen LogP contribution in [-0.4, -0.2) is 161 Å². The quantitative estimate of drug-likeness (QED) is 0.0117. The Balaban J connectivity index is 1.60. The number of aromatic nitrogens is 2. The Kier molecular flexibility index (Phi) is 33.6. The molecule has 0 saturated carbocycles. The van der Waals surface area contributed by atoms with Gasteiger partial charge in [-0.2, -0.15) is 0 Å². The van der Waals surface area contributed by atoms with Crippen LogP contribution in [0.25, 0.3) is 0 Å². The number of ether oxygens (including phenoxy) is 5. The number of esters is 3. The summed E-state index contributed by atoms with van der Waals surface area (Å²) in [4.78, 5) is 116. The van der Waals surface area contributed by atoms with Crippen LogP contribution in [0.4, 0.5) is 4.79 Å². The first kappa shape index (κ1) is 79.3. The fourth-order valence-electron chi connectivity index (χ4n) is 9.51. The summed E-state index contributed by atoms with van der Waals surface area (Å²) in [7, 11) is 0.318. The van der Waals surface area contributed by atoms with Gasteiger partial charge in [0.1, 0.15) is 29.6 Å². The number of hydrogen-bond donors (Lipinski definition) is 5. The van der Waals surface area contributed by atoms with Gasteiger partial charge in [0.15, 0.2) is 0 Å². The number of carbonyl (C=O) groups excluding carboxylic acids is 7. The van der Waals surface area contributed by atoms with E-state index in [-0.39, 0.29) is 107 Å². The van der Waals surface area contributed by atoms with Crippen molar-refractivity contribution in [3.8, 4) is 11.5 Å². The average molecular weight is 1300 g/mol. The van der Waals surface area contributed by atoms with Crippen molar-refractivity contribution in [2.75, 3.05) is 53.0 Å². The largest absolute Gasteiger partial charge is 0.0519 e. The van der Waals surface area contributed by atoms with Crippen molar-refractivity contribution < 1.29 is 71.9 Å². The molecule has 3 aromatic rings. The number of pyridine rings is 2. The van der Waals surface area contributed by atoms with E-state index in [0.29, 0.717) is 97.6 Å². The third-order valence-electron chi connectivity index (χ3n) is 14.0. The minimum atomic E-state index is -1.27. The second-order valence-corrected chi connectivity index (χ2v) is 29.1. The zero-order valence-corrected chi connectivity index (χ0v) is 58.2. The molecule has 25 heteroatoms. The van der Waals surface area contributed by atoms with Gasteiger partial charge in [0.05, 0.1) is 7.11 Å². The average Bonchev–Trinajstić information content (AvgIpc) is 1.02. The fraction of sp³-hybridized carbons (Fsp3) is 0.642. The van der Waals surface area contributed by atoms with Crippen LogP contribution in [-0.2, 0) is 85.0 Å². The molecule has 0 aliphatic heterocycles. The first-order chi connectivity index (χ1) is 43.0. The number of nitrogens with zero attached hydrogens (tertiary/aromatic N) is 4. The number of carboxylic acid groups (broad SMARTS) is 1. The first-order valence-corrected chi connectivity index (χ1v) is 33.7. The topological polar surface area (TPSA) is 300 Å². The number of hydrogen-bond acceptors (Lipinski definition) is 18. The predicted molar refractivity (Wildman–Crippen MR) is 354 cm³/mol. The van der Waals surface area contributed by atoms with Crippen LogP contribution in [0, 0.1) is 5.41 Å². The van der Waals surface area contributed by atoms with Gasteiger partial charge in [-0.1, -0.05) is 39.3 Å². The van der Waals surface area contributed by atoms with Gasteiger partial charge < -0.3 is 35.5 Å². The minimum Gasteiger partial charge on any atom is -0.0519 e. The zero-order chi connectivity index (χ0) is 68.8. The maximum Gasteiger partial charge on any atom is -0.0196 e. The molecular weight excluding hydrogens is 1200 g/mol. The van der Waals surface area contributed by atoms with Crippen molar-refractivity contribution in [1.29, 1.82) is 0 Å². The van der Waals surface area contributed by atoms with E-state index < -0.39 is 60.6 Å². The summed E-state index contributed by atoms with van der Waals surface area (Å²) in [6.45, 7) is 27.8. The van der Waals surface area contributed by atoms with E-state index in [1.165, 1.54) is 6.92 Å². The van der Waals surface area contributed by atoms with E-state index in [0.717, 1.165) is 18.9 Å². The maximum atomic E-state index is 13.4. The summed E-state index contributed by atoms with van der Waals surface area (Å²) in [6, 6.07) is 12.7. The molecule has 1 aromatic carbocycles. The van der Waals surface area contributed by atoms with E-state index in [2.05, 4.69) is 21.3 Å². The van der Waals surface area contributed by atoms with Crippen LogP contribution in [0.1, 0.15) is 189 Å². The van der Waals surface area contributed by atoms with Gasteiger partial charge in [-0.3, -0.25) is 14.4 Å². The van der Waals surface area contributed by atoms with Crippen LogP contribution < -0.4 is 36.0 Å². The third-order valence-corrected chi connectivity index (χ3v) is 15.5. The van der Waals surface area contributed by atoms with Crippen LogP contribution >= 0.6 is 7.80 Å². The summed E-state index contributed by atoms with van der Waals surface area (Å²) in [5.41, 5.74) is 0.515. The molecule has 0 saturated heterocycles. The standard InChI is InChI=1S/C67H104BN8O15P/c1-46(77)41-75(39-40-76(44-61(83)90-66(8,9)10)43-53-55(92(15)68-86)33-26-49(72-53)28-35-59(80)81)42-52-54(88-45-47-23-29-50(87-14)30-24-47)32-25-48(71-52)27-34-58(79)70-37-19-16-17-22-57(78)69-38-20-18-21-56(64(2,3)4)74-63(85)73-51(62(84)91-67(11,12)13)31-36-60(82)89-65(5,6)7/h23-26,29-30,32-33,51,56H,16-22,27-28,31,34-45H2,1-15H3,(H,69,78)(H,70,79)(H,80,81)(H2,73,74,85)/t51-,56-,92?/m0/s1. The molecule has 2 heterocycles. The number of rotatable bonds is 40. The summed E-state index contributed by atoms with van der Waals surface area (Å²) in [6.07, 6.45) is 4.81. The SMILES string of the molecule is COc1ccc(COc2ccc(CCC(=O)NCCCCCC(=O)NCCCC[C@H](NC(=O)N[C@@H](CCC(=O)OC(C)(C)C)C(=O)OC(C)(C)C)C(C)(C)C)nc2CN(CCN(CC(=O)OC(C)(C)C)Cc2nc(CCC(=O)O)ccc2P(C)B=O)CC(C)=O)cc1. The van der Waals surface area contributed by atoms with E-state index in [1.807, 2.05) is 67.0 Å². The number of ketones is 1. The number of amides is 4. The van der Waals surface area contributed by atoms with Crippen LogP contribution in [0.3, 0.4) is 0 Å².